The van der Waals surface area contributed by atoms with Gasteiger partial charge in [-0.3, -0.25) is 0 Å². The van der Waals surface area contributed by atoms with Crippen LogP contribution in [0.1, 0.15) is 29.8 Å². The first kappa shape index (κ1) is 12.1. The first-order valence-corrected chi connectivity index (χ1v) is 6.19. The lowest BCUT2D eigenvalue weighted by atomic mass is 9.86. The Kier molecular flexibility index (Phi) is 3.80. The van der Waals surface area contributed by atoms with Crippen LogP contribution >= 0.6 is 11.8 Å². The molecule has 1 aromatic carbocycles. The molecule has 0 amide bonds. The molecule has 0 spiro atoms. The molecule has 0 heterocycles. The van der Waals surface area contributed by atoms with Crippen LogP contribution in [0.4, 0.5) is 0 Å². The van der Waals surface area contributed by atoms with Crippen LogP contribution in [0.2, 0.25) is 0 Å². The van der Waals surface area contributed by atoms with Crippen molar-refractivity contribution in [2.75, 3.05) is 12.0 Å². The number of benzene rings is 1. The Morgan fingerprint density at radius 1 is 1.47 bits per heavy atom. The van der Waals surface area contributed by atoms with Crippen molar-refractivity contribution in [2.24, 2.45) is 0 Å². The summed E-state index contributed by atoms with van der Waals surface area (Å²) in [5.41, 5.74) is 1.46. The van der Waals surface area contributed by atoms with E-state index in [4.69, 9.17) is 5.11 Å². The third-order valence-corrected chi connectivity index (χ3v) is 3.41. The van der Waals surface area contributed by atoms with Crippen LogP contribution in [0, 0.1) is 0 Å². The predicted molar refractivity (Wildman–Crippen MR) is 64.8 cm³/mol. The molecule has 0 fully saturated rings. The minimum absolute atomic E-state index is 0.0187. The maximum atomic E-state index is 10.8. The van der Waals surface area contributed by atoms with E-state index in [1.807, 2.05) is 6.07 Å². The Morgan fingerprint density at radius 2 is 2.13 bits per heavy atom. The molecule has 0 bridgehead atoms. The quantitative estimate of drug-likeness (QED) is 0.854. The van der Waals surface area contributed by atoms with Crippen molar-refractivity contribution in [2.45, 2.75) is 19.3 Å². The zero-order valence-electron chi connectivity index (χ0n) is 9.28. The van der Waals surface area contributed by atoms with Gasteiger partial charge in [-0.1, -0.05) is 26.0 Å². The summed E-state index contributed by atoms with van der Waals surface area (Å²) < 4.78 is 0. The molecule has 0 atom stereocenters. The average molecular weight is 224 g/mol. The van der Waals surface area contributed by atoms with Crippen LogP contribution < -0.4 is 0 Å². The van der Waals surface area contributed by atoms with Gasteiger partial charge in [0.25, 0.3) is 0 Å². The smallest absolute Gasteiger partial charge is 0.335 e. The summed E-state index contributed by atoms with van der Waals surface area (Å²) in [4.78, 5) is 10.8. The van der Waals surface area contributed by atoms with E-state index in [2.05, 4.69) is 20.1 Å². The maximum Gasteiger partial charge on any atom is 0.335 e. The molecule has 0 aliphatic carbocycles. The summed E-state index contributed by atoms with van der Waals surface area (Å²) in [5, 5.41) is 8.90. The highest BCUT2D eigenvalue weighted by molar-refractivity contribution is 7.98. The van der Waals surface area contributed by atoms with Gasteiger partial charge in [-0.25, -0.2) is 4.79 Å². The third kappa shape index (κ3) is 2.99. The van der Waals surface area contributed by atoms with Crippen molar-refractivity contribution >= 4 is 17.7 Å². The number of hydrogen-bond acceptors (Lipinski definition) is 2. The number of carbonyl (C=O) groups is 1. The fourth-order valence-electron chi connectivity index (χ4n) is 1.52. The Morgan fingerprint density at radius 3 is 2.67 bits per heavy atom. The molecule has 2 nitrogen and oxygen atoms in total. The van der Waals surface area contributed by atoms with Crippen LogP contribution in [0.25, 0.3) is 0 Å². The first-order valence-electron chi connectivity index (χ1n) is 4.80. The summed E-state index contributed by atoms with van der Waals surface area (Å²) in [6.07, 6.45) is 2.06. The fourth-order valence-corrected chi connectivity index (χ4v) is 2.41. The van der Waals surface area contributed by atoms with Crippen molar-refractivity contribution in [3.63, 3.8) is 0 Å². The van der Waals surface area contributed by atoms with E-state index in [-0.39, 0.29) is 5.41 Å². The fraction of sp³-hybridized carbons (Fsp3) is 0.417. The SMILES string of the molecule is CSCC(C)(C)c1cccc(C(=O)O)c1. The monoisotopic (exact) mass is 224 g/mol. The minimum atomic E-state index is -0.864. The summed E-state index contributed by atoms with van der Waals surface area (Å²) in [7, 11) is 0. The first-order chi connectivity index (χ1) is 6.97. The van der Waals surface area contributed by atoms with E-state index in [0.717, 1.165) is 11.3 Å². The highest BCUT2D eigenvalue weighted by atomic mass is 32.2. The molecule has 0 aliphatic heterocycles. The molecule has 82 valence electrons. The molecule has 15 heavy (non-hydrogen) atoms. The number of thioether (sulfide) groups is 1. The molecule has 3 heteroatoms. The van der Waals surface area contributed by atoms with Crippen LogP contribution in [0.3, 0.4) is 0 Å². The second kappa shape index (κ2) is 4.71. The van der Waals surface area contributed by atoms with Gasteiger partial charge in [0, 0.05) is 5.75 Å². The van der Waals surface area contributed by atoms with Crippen molar-refractivity contribution in [1.29, 1.82) is 0 Å². The van der Waals surface area contributed by atoms with E-state index in [9.17, 15) is 4.79 Å². The van der Waals surface area contributed by atoms with E-state index >= 15 is 0 Å². The van der Waals surface area contributed by atoms with Gasteiger partial charge in [-0.15, -0.1) is 0 Å². The second-order valence-corrected chi connectivity index (χ2v) is 5.07. The molecule has 0 saturated heterocycles. The van der Waals surface area contributed by atoms with Crippen molar-refractivity contribution in [3.8, 4) is 0 Å². The van der Waals surface area contributed by atoms with Gasteiger partial charge in [-0.2, -0.15) is 11.8 Å². The zero-order chi connectivity index (χ0) is 11.5. The van der Waals surface area contributed by atoms with Crippen LogP contribution in [-0.4, -0.2) is 23.1 Å². The normalized spacial score (nSPS) is 11.4. The molecular weight excluding hydrogens is 208 g/mol. The molecule has 0 aromatic heterocycles. The highest BCUT2D eigenvalue weighted by Gasteiger charge is 2.20. The summed E-state index contributed by atoms with van der Waals surface area (Å²) in [5.74, 6) is 0.118. The van der Waals surface area contributed by atoms with Gasteiger partial charge in [-0.05, 0) is 29.4 Å². The topological polar surface area (TPSA) is 37.3 Å². The van der Waals surface area contributed by atoms with Gasteiger partial charge < -0.3 is 5.11 Å². The number of carboxylic acid groups (broad SMARTS) is 1. The van der Waals surface area contributed by atoms with Gasteiger partial charge in [0.2, 0.25) is 0 Å². The second-order valence-electron chi connectivity index (χ2n) is 4.20. The van der Waals surface area contributed by atoms with Crippen LogP contribution in [0.15, 0.2) is 24.3 Å². The lowest BCUT2D eigenvalue weighted by Crippen LogP contribution is -2.20. The summed E-state index contributed by atoms with van der Waals surface area (Å²) in [6, 6.07) is 7.18. The Labute approximate surface area is 94.7 Å². The molecule has 0 saturated carbocycles. The number of hydrogen-bond donors (Lipinski definition) is 1. The molecule has 0 radical (unpaired) electrons. The van der Waals surface area contributed by atoms with E-state index in [1.54, 1.807) is 30.0 Å². The van der Waals surface area contributed by atoms with Gasteiger partial charge in [0.05, 0.1) is 5.56 Å². The van der Waals surface area contributed by atoms with Crippen LogP contribution in [0.5, 0.6) is 0 Å². The van der Waals surface area contributed by atoms with Crippen molar-refractivity contribution in [3.05, 3.63) is 35.4 Å². The maximum absolute atomic E-state index is 10.8. The Bertz CT molecular complexity index is 358. The van der Waals surface area contributed by atoms with Crippen molar-refractivity contribution in [1.82, 2.24) is 0 Å². The zero-order valence-corrected chi connectivity index (χ0v) is 10.1. The van der Waals surface area contributed by atoms with Crippen LogP contribution in [-0.2, 0) is 5.41 Å². The summed E-state index contributed by atoms with van der Waals surface area (Å²) >= 11 is 1.77. The Balaban J connectivity index is 3.04. The molecule has 0 unspecified atom stereocenters. The van der Waals surface area contributed by atoms with Gasteiger partial charge in [0.1, 0.15) is 0 Å². The highest BCUT2D eigenvalue weighted by Crippen LogP contribution is 2.27. The third-order valence-electron chi connectivity index (χ3n) is 2.40. The predicted octanol–water partition coefficient (Wildman–Crippen LogP) is 3.03. The summed E-state index contributed by atoms with van der Waals surface area (Å²) in [6.45, 7) is 4.26. The lowest BCUT2D eigenvalue weighted by Gasteiger charge is -2.24. The molecule has 1 N–H and O–H groups in total. The van der Waals surface area contributed by atoms with E-state index in [0.29, 0.717) is 5.56 Å². The standard InChI is InChI=1S/C12H16O2S/c1-12(2,8-15-3)10-6-4-5-9(7-10)11(13)14/h4-7H,8H2,1-3H3,(H,13,14). The molecule has 1 aromatic rings. The number of aromatic carboxylic acids is 1. The molecule has 0 aliphatic rings. The molecular formula is C12H16O2S. The largest absolute Gasteiger partial charge is 0.478 e. The van der Waals surface area contributed by atoms with E-state index < -0.39 is 5.97 Å². The van der Waals surface area contributed by atoms with E-state index in [1.165, 1.54) is 0 Å². The van der Waals surface area contributed by atoms with Gasteiger partial charge >= 0.3 is 5.97 Å². The molecule has 1 rings (SSSR count). The Hall–Kier alpha value is -0.960. The average Bonchev–Trinajstić information content (AvgIpc) is 2.18. The number of carboxylic acids is 1. The van der Waals surface area contributed by atoms with Gasteiger partial charge in [0.15, 0.2) is 0 Å². The lowest BCUT2D eigenvalue weighted by molar-refractivity contribution is 0.0696. The minimum Gasteiger partial charge on any atom is -0.478 e. The van der Waals surface area contributed by atoms with Crippen molar-refractivity contribution < 1.29 is 9.90 Å². The number of rotatable bonds is 4.